The van der Waals surface area contributed by atoms with Crippen molar-refractivity contribution in [3.63, 3.8) is 0 Å². The number of carbonyl (C=O) groups excluding carboxylic acids is 1. The highest BCUT2D eigenvalue weighted by atomic mass is 35.5. The van der Waals surface area contributed by atoms with Crippen molar-refractivity contribution < 1.29 is 9.18 Å². The maximum absolute atomic E-state index is 13.6. The number of aryl methyl sites for hydroxylation is 1. The van der Waals surface area contributed by atoms with E-state index in [2.05, 4.69) is 9.97 Å². The second kappa shape index (κ2) is 7.09. The van der Waals surface area contributed by atoms with Gasteiger partial charge in [0.1, 0.15) is 11.5 Å². The van der Waals surface area contributed by atoms with Crippen molar-refractivity contribution in [3.8, 4) is 22.5 Å². The molecule has 3 aromatic heterocycles. The second-order valence-electron chi connectivity index (χ2n) is 6.40. The normalized spacial score (nSPS) is 11.2. The summed E-state index contributed by atoms with van der Waals surface area (Å²) in [6.07, 6.45) is 5.38. The Morgan fingerprint density at radius 1 is 1.21 bits per heavy atom. The number of pyridine rings is 1. The first kappa shape index (κ1) is 18.2. The second-order valence-corrected chi connectivity index (χ2v) is 6.80. The Bertz CT molecular complexity index is 1200. The Kier molecular flexibility index (Phi) is 4.60. The van der Waals surface area contributed by atoms with Crippen LogP contribution in [-0.2, 0) is 17.8 Å². The van der Waals surface area contributed by atoms with Crippen molar-refractivity contribution in [2.45, 2.75) is 19.9 Å². The van der Waals surface area contributed by atoms with Crippen molar-refractivity contribution in [1.29, 1.82) is 0 Å². The molecule has 142 valence electrons. The molecule has 0 aliphatic carbocycles. The molecule has 0 atom stereocenters. The Hall–Kier alpha value is -3.19. The molecule has 0 unspecified atom stereocenters. The summed E-state index contributed by atoms with van der Waals surface area (Å²) < 4.78 is 17.4. The van der Waals surface area contributed by atoms with Gasteiger partial charge >= 0.3 is 0 Å². The molecule has 0 saturated carbocycles. The maximum atomic E-state index is 13.6. The van der Waals surface area contributed by atoms with Gasteiger partial charge in [0.05, 0.1) is 34.9 Å². The maximum Gasteiger partial charge on any atom is 0.223 e. The van der Waals surface area contributed by atoms with Gasteiger partial charge in [-0.15, -0.1) is 0 Å². The molecule has 8 heteroatoms. The summed E-state index contributed by atoms with van der Waals surface area (Å²) in [6.45, 7) is 2.72. The monoisotopic (exact) mass is 397 g/mol. The largest absolute Gasteiger partial charge is 0.369 e. The Balaban J connectivity index is 1.90. The van der Waals surface area contributed by atoms with E-state index in [-0.39, 0.29) is 11.4 Å². The van der Waals surface area contributed by atoms with Crippen LogP contribution in [-0.4, -0.2) is 24.8 Å². The summed E-state index contributed by atoms with van der Waals surface area (Å²) in [4.78, 5) is 20.2. The summed E-state index contributed by atoms with van der Waals surface area (Å²) in [5.74, 6) is -0.898. The number of fused-ring (bicyclic) bond motifs is 1. The summed E-state index contributed by atoms with van der Waals surface area (Å²) in [6, 6.07) is 8.36. The van der Waals surface area contributed by atoms with E-state index >= 15 is 0 Å². The fraction of sp³-hybridized carbons (Fsp3) is 0.150. The summed E-state index contributed by atoms with van der Waals surface area (Å²) in [7, 11) is 0. The number of carbonyl (C=O) groups is 1. The van der Waals surface area contributed by atoms with Crippen molar-refractivity contribution >= 4 is 23.2 Å². The molecule has 4 aromatic rings. The Morgan fingerprint density at radius 3 is 2.71 bits per heavy atom. The minimum Gasteiger partial charge on any atom is -0.369 e. The van der Waals surface area contributed by atoms with Crippen LogP contribution in [0.5, 0.6) is 0 Å². The van der Waals surface area contributed by atoms with Crippen LogP contribution in [0.25, 0.3) is 28.2 Å². The third kappa shape index (κ3) is 3.14. The molecular formula is C20H17ClFN5O. The molecule has 0 radical (unpaired) electrons. The summed E-state index contributed by atoms with van der Waals surface area (Å²) in [5, 5.41) is 0.0447. The standard InChI is InChI=1S/C20H17ClFN5O/c1-2-26-11-25-19(12-3-5-16(22)15(21)7-12)20(26)13-4-6-18-24-9-14(8-17(23)28)27(18)10-13/h3-7,9-11H,2,8H2,1H3,(H2,23,28). The van der Waals surface area contributed by atoms with Gasteiger partial charge in [-0.3, -0.25) is 4.79 Å². The number of rotatable bonds is 5. The van der Waals surface area contributed by atoms with Crippen molar-refractivity contribution in [2.24, 2.45) is 5.73 Å². The molecule has 0 fully saturated rings. The lowest BCUT2D eigenvalue weighted by Crippen LogP contribution is -2.14. The molecule has 28 heavy (non-hydrogen) atoms. The molecule has 3 heterocycles. The van der Waals surface area contributed by atoms with Gasteiger partial charge in [-0.1, -0.05) is 11.6 Å². The number of primary amides is 1. The Labute approximate surface area is 165 Å². The zero-order valence-corrected chi connectivity index (χ0v) is 15.8. The van der Waals surface area contributed by atoms with E-state index in [1.807, 2.05) is 34.2 Å². The van der Waals surface area contributed by atoms with E-state index < -0.39 is 11.7 Å². The van der Waals surface area contributed by atoms with Crippen molar-refractivity contribution in [1.82, 2.24) is 18.9 Å². The first-order chi connectivity index (χ1) is 13.5. The van der Waals surface area contributed by atoms with E-state index in [1.165, 1.54) is 6.07 Å². The van der Waals surface area contributed by atoms with Gasteiger partial charge in [-0.25, -0.2) is 14.4 Å². The van der Waals surface area contributed by atoms with Crippen molar-refractivity contribution in [2.75, 3.05) is 0 Å². The molecule has 2 N–H and O–H groups in total. The van der Waals surface area contributed by atoms with Gasteiger partial charge in [-0.05, 0) is 37.3 Å². The van der Waals surface area contributed by atoms with Gasteiger partial charge in [-0.2, -0.15) is 0 Å². The molecule has 6 nitrogen and oxygen atoms in total. The molecule has 0 bridgehead atoms. The van der Waals surface area contributed by atoms with Gasteiger partial charge in [0.2, 0.25) is 5.91 Å². The molecule has 0 spiro atoms. The quantitative estimate of drug-likeness (QED) is 0.557. The van der Waals surface area contributed by atoms with Gasteiger partial charge in [0.15, 0.2) is 0 Å². The summed E-state index contributed by atoms with van der Waals surface area (Å²) in [5.41, 5.74) is 9.93. The minimum atomic E-state index is -0.474. The van der Waals surface area contributed by atoms with E-state index in [9.17, 15) is 9.18 Å². The van der Waals surface area contributed by atoms with E-state index in [4.69, 9.17) is 17.3 Å². The number of hydrogen-bond acceptors (Lipinski definition) is 3. The number of halogens is 2. The average molecular weight is 398 g/mol. The number of amides is 1. The van der Waals surface area contributed by atoms with Crippen LogP contribution in [0.2, 0.25) is 5.02 Å². The molecule has 4 rings (SSSR count). The highest BCUT2D eigenvalue weighted by Crippen LogP contribution is 2.33. The topological polar surface area (TPSA) is 78.2 Å². The number of nitrogens with zero attached hydrogens (tertiary/aromatic N) is 4. The average Bonchev–Trinajstić information content (AvgIpc) is 3.27. The number of hydrogen-bond donors (Lipinski definition) is 1. The molecule has 1 amide bonds. The predicted octanol–water partition coefficient (Wildman–Crippen LogP) is 3.71. The lowest BCUT2D eigenvalue weighted by molar-refractivity contribution is -0.117. The minimum absolute atomic E-state index is 0.0447. The van der Waals surface area contributed by atoms with Crippen LogP contribution in [0.3, 0.4) is 0 Å². The molecule has 0 aliphatic heterocycles. The number of aromatic nitrogens is 4. The third-order valence-electron chi connectivity index (χ3n) is 4.58. The van der Waals surface area contributed by atoms with Crippen LogP contribution >= 0.6 is 11.6 Å². The number of imidazole rings is 2. The van der Waals surface area contributed by atoms with Crippen molar-refractivity contribution in [3.05, 3.63) is 65.6 Å². The van der Waals surface area contributed by atoms with Gasteiger partial charge < -0.3 is 14.7 Å². The number of benzene rings is 1. The first-order valence-corrected chi connectivity index (χ1v) is 9.11. The van der Waals surface area contributed by atoms with Crippen LogP contribution < -0.4 is 5.73 Å². The third-order valence-corrected chi connectivity index (χ3v) is 4.87. The fourth-order valence-corrected chi connectivity index (χ4v) is 3.44. The summed E-state index contributed by atoms with van der Waals surface area (Å²) >= 11 is 5.97. The first-order valence-electron chi connectivity index (χ1n) is 8.73. The van der Waals surface area contributed by atoms with Gasteiger partial charge in [0.25, 0.3) is 0 Å². The Morgan fingerprint density at radius 2 is 2.00 bits per heavy atom. The van der Waals surface area contributed by atoms with E-state index in [0.29, 0.717) is 23.6 Å². The van der Waals surface area contributed by atoms with Crippen LogP contribution in [0.1, 0.15) is 12.6 Å². The fourth-order valence-electron chi connectivity index (χ4n) is 3.26. The smallest absolute Gasteiger partial charge is 0.223 e. The molecule has 0 saturated heterocycles. The lowest BCUT2D eigenvalue weighted by Gasteiger charge is -2.10. The van der Waals surface area contributed by atoms with E-state index in [0.717, 1.165) is 16.8 Å². The zero-order chi connectivity index (χ0) is 19.8. The number of nitrogens with two attached hydrogens (primary N) is 1. The highest BCUT2D eigenvalue weighted by molar-refractivity contribution is 6.31. The molecule has 1 aromatic carbocycles. The lowest BCUT2D eigenvalue weighted by atomic mass is 10.1. The van der Waals surface area contributed by atoms with Gasteiger partial charge in [0, 0.05) is 30.1 Å². The zero-order valence-electron chi connectivity index (χ0n) is 15.1. The molecule has 0 aliphatic rings. The van der Waals surface area contributed by atoms with Crippen LogP contribution in [0, 0.1) is 5.82 Å². The SMILES string of the molecule is CCn1cnc(-c2ccc(F)c(Cl)c2)c1-c1ccc2ncc(CC(N)=O)n2c1. The predicted molar refractivity (Wildman–Crippen MR) is 105 cm³/mol. The van der Waals surface area contributed by atoms with Crippen LogP contribution in [0.15, 0.2) is 49.1 Å². The van der Waals surface area contributed by atoms with Crippen LogP contribution in [0.4, 0.5) is 4.39 Å². The van der Waals surface area contributed by atoms with E-state index in [1.54, 1.807) is 24.7 Å². The molecular weight excluding hydrogens is 381 g/mol. The highest BCUT2D eigenvalue weighted by Gasteiger charge is 2.17.